The van der Waals surface area contributed by atoms with Gasteiger partial charge in [0.1, 0.15) is 4.99 Å². The fourth-order valence-electron chi connectivity index (χ4n) is 2.50. The van der Waals surface area contributed by atoms with E-state index in [2.05, 4.69) is 33.6 Å². The fourth-order valence-corrected chi connectivity index (χ4v) is 3.94. The van der Waals surface area contributed by atoms with Crippen molar-refractivity contribution < 1.29 is 0 Å². The summed E-state index contributed by atoms with van der Waals surface area (Å²) in [6, 6.07) is 6.59. The van der Waals surface area contributed by atoms with Crippen molar-refractivity contribution in [3.63, 3.8) is 0 Å². The monoisotopic (exact) mass is 358 g/mol. The SMILES string of the molecule is CSC1CCCC(Nc2ccc(C(N)=S)cc2Br)C1. The van der Waals surface area contributed by atoms with Crippen LogP contribution in [-0.4, -0.2) is 22.5 Å². The first-order valence-electron chi connectivity index (χ1n) is 6.49. The third-order valence-corrected chi connectivity index (χ3v) is 5.56. The molecule has 1 aromatic carbocycles. The summed E-state index contributed by atoms with van der Waals surface area (Å²) in [6.45, 7) is 0. The number of thiocarbonyl (C=S) groups is 1. The van der Waals surface area contributed by atoms with E-state index < -0.39 is 0 Å². The average Bonchev–Trinajstić information content (AvgIpc) is 2.41. The van der Waals surface area contributed by atoms with E-state index in [-0.39, 0.29) is 0 Å². The lowest BCUT2D eigenvalue weighted by atomic mass is 9.94. The van der Waals surface area contributed by atoms with Crippen molar-refractivity contribution in [3.8, 4) is 0 Å². The van der Waals surface area contributed by atoms with Gasteiger partial charge in [-0.05, 0) is 59.6 Å². The van der Waals surface area contributed by atoms with Crippen molar-refractivity contribution >= 4 is 50.6 Å². The van der Waals surface area contributed by atoms with Crippen molar-refractivity contribution in [1.29, 1.82) is 0 Å². The summed E-state index contributed by atoms with van der Waals surface area (Å²) in [5.74, 6) is 0. The van der Waals surface area contributed by atoms with Crippen LogP contribution in [0.2, 0.25) is 0 Å². The van der Waals surface area contributed by atoms with Crippen LogP contribution < -0.4 is 11.1 Å². The van der Waals surface area contributed by atoms with E-state index in [1.165, 1.54) is 25.7 Å². The van der Waals surface area contributed by atoms with Crippen LogP contribution in [0.15, 0.2) is 22.7 Å². The van der Waals surface area contributed by atoms with E-state index >= 15 is 0 Å². The number of anilines is 1. The highest BCUT2D eigenvalue weighted by molar-refractivity contribution is 9.10. The molecule has 0 bridgehead atoms. The van der Waals surface area contributed by atoms with Crippen LogP contribution in [0.4, 0.5) is 5.69 Å². The van der Waals surface area contributed by atoms with E-state index in [0.717, 1.165) is 21.0 Å². The number of hydrogen-bond donors (Lipinski definition) is 2. The number of nitrogens with one attached hydrogen (secondary N) is 1. The molecule has 3 N–H and O–H groups in total. The van der Waals surface area contributed by atoms with Crippen molar-refractivity contribution in [2.75, 3.05) is 11.6 Å². The molecular weight excluding hydrogens is 340 g/mol. The highest BCUT2D eigenvalue weighted by Crippen LogP contribution is 2.31. The molecule has 0 aromatic heterocycles. The Balaban J connectivity index is 2.04. The van der Waals surface area contributed by atoms with Gasteiger partial charge in [-0.2, -0.15) is 11.8 Å². The molecule has 1 aliphatic rings. The van der Waals surface area contributed by atoms with Crippen molar-refractivity contribution in [2.24, 2.45) is 5.73 Å². The number of hydrogen-bond acceptors (Lipinski definition) is 3. The second-order valence-corrected chi connectivity index (χ2v) is 7.36. The number of halogens is 1. The van der Waals surface area contributed by atoms with Crippen LogP contribution in [-0.2, 0) is 0 Å². The lowest BCUT2D eigenvalue weighted by Gasteiger charge is -2.29. The van der Waals surface area contributed by atoms with E-state index in [9.17, 15) is 0 Å². The van der Waals surface area contributed by atoms with E-state index in [4.69, 9.17) is 18.0 Å². The zero-order chi connectivity index (χ0) is 13.8. The summed E-state index contributed by atoms with van der Waals surface area (Å²) in [6.07, 6.45) is 7.36. The van der Waals surface area contributed by atoms with Gasteiger partial charge in [0.15, 0.2) is 0 Å². The van der Waals surface area contributed by atoms with E-state index in [1.807, 2.05) is 23.9 Å². The predicted molar refractivity (Wildman–Crippen MR) is 93.2 cm³/mol. The van der Waals surface area contributed by atoms with Crippen molar-refractivity contribution in [2.45, 2.75) is 37.0 Å². The van der Waals surface area contributed by atoms with Crippen LogP contribution in [0.5, 0.6) is 0 Å². The molecule has 5 heteroatoms. The molecule has 2 rings (SSSR count). The molecule has 1 saturated carbocycles. The summed E-state index contributed by atoms with van der Waals surface area (Å²) < 4.78 is 1.03. The normalized spacial score (nSPS) is 23.1. The van der Waals surface area contributed by atoms with Crippen LogP contribution in [0.1, 0.15) is 31.2 Å². The number of rotatable bonds is 4. The second-order valence-electron chi connectivity index (χ2n) is 4.92. The van der Waals surface area contributed by atoms with Crippen LogP contribution in [0, 0.1) is 0 Å². The first-order chi connectivity index (χ1) is 9.10. The maximum atomic E-state index is 5.64. The maximum Gasteiger partial charge on any atom is 0.104 e. The first-order valence-corrected chi connectivity index (χ1v) is 8.97. The predicted octanol–water partition coefficient (Wildman–Crippen LogP) is 4.17. The summed E-state index contributed by atoms with van der Waals surface area (Å²) in [7, 11) is 0. The highest BCUT2D eigenvalue weighted by atomic mass is 79.9. The van der Waals surface area contributed by atoms with Gasteiger partial charge in [0.25, 0.3) is 0 Å². The van der Waals surface area contributed by atoms with Gasteiger partial charge in [0, 0.05) is 27.0 Å². The number of benzene rings is 1. The highest BCUT2D eigenvalue weighted by Gasteiger charge is 2.21. The summed E-state index contributed by atoms with van der Waals surface area (Å²) in [5.41, 5.74) is 7.67. The van der Waals surface area contributed by atoms with Gasteiger partial charge in [-0.25, -0.2) is 0 Å². The van der Waals surface area contributed by atoms with Gasteiger partial charge in [0.2, 0.25) is 0 Å². The third kappa shape index (κ3) is 4.10. The molecule has 0 radical (unpaired) electrons. The van der Waals surface area contributed by atoms with Gasteiger partial charge < -0.3 is 11.1 Å². The minimum absolute atomic E-state index is 0.437. The van der Waals surface area contributed by atoms with Gasteiger partial charge in [-0.1, -0.05) is 18.6 Å². The number of nitrogens with two attached hydrogens (primary N) is 1. The first kappa shape index (κ1) is 15.1. The zero-order valence-electron chi connectivity index (χ0n) is 11.0. The summed E-state index contributed by atoms with van der Waals surface area (Å²) >= 11 is 10.6. The molecule has 1 fully saturated rings. The van der Waals surface area contributed by atoms with Gasteiger partial charge >= 0.3 is 0 Å². The molecule has 0 heterocycles. The molecular formula is C14H19BrN2S2. The third-order valence-electron chi connectivity index (χ3n) is 3.57. The molecule has 1 aromatic rings. The lowest BCUT2D eigenvalue weighted by molar-refractivity contribution is 0.473. The fraction of sp³-hybridized carbons (Fsp3) is 0.500. The summed E-state index contributed by atoms with van der Waals surface area (Å²) in [5, 5.41) is 4.43. The standard InChI is InChI=1S/C14H19BrN2S2/c1-19-11-4-2-3-10(8-11)17-13-6-5-9(14(16)18)7-12(13)15/h5-7,10-11,17H,2-4,8H2,1H3,(H2,16,18). The Bertz CT molecular complexity index is 465. The minimum atomic E-state index is 0.437. The summed E-state index contributed by atoms with van der Waals surface area (Å²) in [4.78, 5) is 0.437. The molecule has 1 aliphatic carbocycles. The lowest BCUT2D eigenvalue weighted by Crippen LogP contribution is -2.28. The largest absolute Gasteiger partial charge is 0.389 e. The Hall–Kier alpha value is -0.260. The zero-order valence-corrected chi connectivity index (χ0v) is 14.2. The second kappa shape index (κ2) is 6.95. The molecule has 0 spiro atoms. The molecule has 0 amide bonds. The topological polar surface area (TPSA) is 38.0 Å². The minimum Gasteiger partial charge on any atom is -0.389 e. The number of thioether (sulfide) groups is 1. The van der Waals surface area contributed by atoms with Gasteiger partial charge in [-0.3, -0.25) is 0 Å². The molecule has 2 atom stereocenters. The van der Waals surface area contributed by atoms with Crippen molar-refractivity contribution in [1.82, 2.24) is 0 Å². The van der Waals surface area contributed by atoms with Crippen molar-refractivity contribution in [3.05, 3.63) is 28.2 Å². The molecule has 19 heavy (non-hydrogen) atoms. The maximum absolute atomic E-state index is 5.64. The molecule has 104 valence electrons. The Labute approximate surface area is 133 Å². The van der Waals surface area contributed by atoms with E-state index in [1.54, 1.807) is 0 Å². The molecule has 0 saturated heterocycles. The van der Waals surface area contributed by atoms with Crippen LogP contribution in [0.25, 0.3) is 0 Å². The average molecular weight is 359 g/mol. The molecule has 0 aliphatic heterocycles. The molecule has 2 nitrogen and oxygen atoms in total. The molecule has 2 unspecified atom stereocenters. The Morgan fingerprint density at radius 3 is 2.89 bits per heavy atom. The van der Waals surface area contributed by atoms with Crippen LogP contribution >= 0.6 is 39.9 Å². The van der Waals surface area contributed by atoms with Crippen LogP contribution in [0.3, 0.4) is 0 Å². The Morgan fingerprint density at radius 2 is 2.26 bits per heavy atom. The van der Waals surface area contributed by atoms with Gasteiger partial charge in [-0.15, -0.1) is 0 Å². The quantitative estimate of drug-likeness (QED) is 0.792. The Kier molecular flexibility index (Phi) is 5.54. The smallest absolute Gasteiger partial charge is 0.104 e. The van der Waals surface area contributed by atoms with E-state index in [0.29, 0.717) is 11.0 Å². The Morgan fingerprint density at radius 1 is 1.47 bits per heavy atom. The van der Waals surface area contributed by atoms with Gasteiger partial charge in [0.05, 0.1) is 0 Å².